The van der Waals surface area contributed by atoms with Crippen LogP contribution in [0.25, 0.3) is 0 Å². The summed E-state index contributed by atoms with van der Waals surface area (Å²) in [5.41, 5.74) is 1.23. The van der Waals surface area contributed by atoms with Gasteiger partial charge in [0.2, 0.25) is 0 Å². The van der Waals surface area contributed by atoms with Crippen LogP contribution in [-0.4, -0.2) is 24.2 Å². The molecule has 0 spiro atoms. The first kappa shape index (κ1) is 13.2. The average Bonchev–Trinajstić information content (AvgIpc) is 2.26. The third kappa shape index (κ3) is 4.33. The molecule has 1 aromatic rings. The second kappa shape index (κ2) is 6.66. The van der Waals surface area contributed by atoms with Crippen molar-refractivity contribution < 1.29 is 9.90 Å². The lowest BCUT2D eigenvalue weighted by Crippen LogP contribution is -2.27. The molecule has 0 amide bonds. The van der Waals surface area contributed by atoms with Crippen LogP contribution in [0, 0.1) is 5.92 Å². The molecule has 0 aliphatic rings. The Balaban J connectivity index is 2.26. The molecule has 16 heavy (non-hydrogen) atoms. The number of carboxylic acid groups (broad SMARTS) is 1. The highest BCUT2D eigenvalue weighted by Gasteiger charge is 2.09. The fourth-order valence-electron chi connectivity index (χ4n) is 1.33. The Labute approximate surface area is 104 Å². The molecule has 1 atom stereocenters. The molecule has 1 rings (SSSR count). The van der Waals surface area contributed by atoms with Crippen molar-refractivity contribution in [3.63, 3.8) is 0 Å². The van der Waals surface area contributed by atoms with Crippen molar-refractivity contribution >= 4 is 21.9 Å². The van der Waals surface area contributed by atoms with Crippen LogP contribution >= 0.6 is 15.9 Å². The standard InChI is InChI=1S/C12H16BrNO2/c1-9(12(15)16)8-14-7-6-10-4-2-3-5-11(10)13/h2-5,9,14H,6-8H2,1H3,(H,15,16). The van der Waals surface area contributed by atoms with Gasteiger partial charge in [-0.3, -0.25) is 4.79 Å². The molecule has 0 aliphatic carbocycles. The Morgan fingerprint density at radius 1 is 1.50 bits per heavy atom. The predicted molar refractivity (Wildman–Crippen MR) is 67.5 cm³/mol. The Morgan fingerprint density at radius 3 is 2.81 bits per heavy atom. The minimum atomic E-state index is -0.756. The summed E-state index contributed by atoms with van der Waals surface area (Å²) in [5.74, 6) is -1.09. The maximum absolute atomic E-state index is 10.6. The molecule has 0 fully saturated rings. The molecule has 1 unspecified atom stereocenters. The number of aliphatic carboxylic acids is 1. The van der Waals surface area contributed by atoms with Crippen LogP contribution in [0.1, 0.15) is 12.5 Å². The molecule has 2 N–H and O–H groups in total. The number of carbonyl (C=O) groups is 1. The molecular formula is C12H16BrNO2. The lowest BCUT2D eigenvalue weighted by Gasteiger charge is -2.08. The van der Waals surface area contributed by atoms with Gasteiger partial charge < -0.3 is 10.4 Å². The van der Waals surface area contributed by atoms with Gasteiger partial charge in [0, 0.05) is 11.0 Å². The van der Waals surface area contributed by atoms with Crippen molar-refractivity contribution in [2.75, 3.05) is 13.1 Å². The van der Waals surface area contributed by atoms with Crippen LogP contribution in [0.4, 0.5) is 0 Å². The smallest absolute Gasteiger partial charge is 0.307 e. The molecule has 3 nitrogen and oxygen atoms in total. The van der Waals surface area contributed by atoms with Crippen molar-refractivity contribution in [3.05, 3.63) is 34.3 Å². The minimum absolute atomic E-state index is 0.334. The first-order valence-electron chi connectivity index (χ1n) is 5.28. The van der Waals surface area contributed by atoms with Gasteiger partial charge >= 0.3 is 5.97 Å². The Bertz CT molecular complexity index is 355. The zero-order valence-electron chi connectivity index (χ0n) is 9.24. The van der Waals surface area contributed by atoms with Crippen LogP contribution in [0.5, 0.6) is 0 Å². The van der Waals surface area contributed by atoms with Crippen LogP contribution in [0.3, 0.4) is 0 Å². The van der Waals surface area contributed by atoms with Gasteiger partial charge in [0.1, 0.15) is 0 Å². The van der Waals surface area contributed by atoms with Crippen molar-refractivity contribution in [2.45, 2.75) is 13.3 Å². The quantitative estimate of drug-likeness (QED) is 0.789. The summed E-state index contributed by atoms with van der Waals surface area (Å²) in [6, 6.07) is 8.05. The number of carboxylic acids is 1. The van der Waals surface area contributed by atoms with E-state index in [9.17, 15) is 4.79 Å². The highest BCUT2D eigenvalue weighted by Crippen LogP contribution is 2.15. The molecule has 1 aromatic carbocycles. The first-order valence-corrected chi connectivity index (χ1v) is 6.07. The van der Waals surface area contributed by atoms with E-state index < -0.39 is 5.97 Å². The summed E-state index contributed by atoms with van der Waals surface area (Å²) in [7, 11) is 0. The van der Waals surface area contributed by atoms with Crippen molar-refractivity contribution in [1.29, 1.82) is 0 Å². The molecule has 0 aliphatic heterocycles. The Kier molecular flexibility index (Phi) is 5.49. The monoisotopic (exact) mass is 285 g/mol. The topological polar surface area (TPSA) is 49.3 Å². The second-order valence-electron chi connectivity index (χ2n) is 3.78. The molecule has 4 heteroatoms. The number of hydrogen-bond acceptors (Lipinski definition) is 2. The summed E-state index contributed by atoms with van der Waals surface area (Å²) in [4.78, 5) is 10.6. The molecular weight excluding hydrogens is 270 g/mol. The van der Waals surface area contributed by atoms with Crippen molar-refractivity contribution in [3.8, 4) is 0 Å². The van der Waals surface area contributed by atoms with Crippen molar-refractivity contribution in [2.24, 2.45) is 5.92 Å². The number of halogens is 1. The van der Waals surface area contributed by atoms with Crippen molar-refractivity contribution in [1.82, 2.24) is 5.32 Å². The molecule has 0 saturated heterocycles. The molecule has 0 saturated carbocycles. The van der Waals surface area contributed by atoms with Gasteiger partial charge in [-0.1, -0.05) is 41.1 Å². The summed E-state index contributed by atoms with van der Waals surface area (Å²) < 4.78 is 1.10. The zero-order valence-corrected chi connectivity index (χ0v) is 10.8. The molecule has 0 heterocycles. The normalized spacial score (nSPS) is 12.4. The summed E-state index contributed by atoms with van der Waals surface area (Å²) in [6.07, 6.45) is 0.897. The van der Waals surface area contributed by atoms with Gasteiger partial charge in [-0.2, -0.15) is 0 Å². The zero-order chi connectivity index (χ0) is 12.0. The van der Waals surface area contributed by atoms with Gasteiger partial charge in [0.05, 0.1) is 5.92 Å². The Hall–Kier alpha value is -0.870. The highest BCUT2D eigenvalue weighted by atomic mass is 79.9. The number of hydrogen-bond donors (Lipinski definition) is 2. The van der Waals surface area contributed by atoms with E-state index in [4.69, 9.17) is 5.11 Å². The van der Waals surface area contributed by atoms with E-state index >= 15 is 0 Å². The van der Waals surface area contributed by atoms with E-state index in [1.165, 1.54) is 5.56 Å². The van der Waals surface area contributed by atoms with E-state index in [0.29, 0.717) is 6.54 Å². The summed E-state index contributed by atoms with van der Waals surface area (Å²) in [6.45, 7) is 3.01. The highest BCUT2D eigenvalue weighted by molar-refractivity contribution is 9.10. The van der Waals surface area contributed by atoms with E-state index in [-0.39, 0.29) is 5.92 Å². The maximum atomic E-state index is 10.6. The number of rotatable bonds is 6. The molecule has 88 valence electrons. The summed E-state index contributed by atoms with van der Waals surface area (Å²) >= 11 is 3.48. The number of benzene rings is 1. The fourth-order valence-corrected chi connectivity index (χ4v) is 1.81. The SMILES string of the molecule is CC(CNCCc1ccccc1Br)C(=O)O. The van der Waals surface area contributed by atoms with Crippen LogP contribution in [0.2, 0.25) is 0 Å². The van der Waals surface area contributed by atoms with E-state index in [0.717, 1.165) is 17.4 Å². The van der Waals surface area contributed by atoms with Gasteiger partial charge in [-0.15, -0.1) is 0 Å². The summed E-state index contributed by atoms with van der Waals surface area (Å²) in [5, 5.41) is 11.8. The lowest BCUT2D eigenvalue weighted by atomic mass is 10.1. The molecule has 0 aromatic heterocycles. The maximum Gasteiger partial charge on any atom is 0.307 e. The fraction of sp³-hybridized carbons (Fsp3) is 0.417. The third-order valence-electron chi connectivity index (χ3n) is 2.40. The van der Waals surface area contributed by atoms with Gasteiger partial charge in [0.25, 0.3) is 0 Å². The largest absolute Gasteiger partial charge is 0.481 e. The van der Waals surface area contributed by atoms with Gasteiger partial charge in [-0.05, 0) is 24.6 Å². The Morgan fingerprint density at radius 2 is 2.19 bits per heavy atom. The number of nitrogens with one attached hydrogen (secondary N) is 1. The van der Waals surface area contributed by atoms with E-state index in [1.54, 1.807) is 6.92 Å². The minimum Gasteiger partial charge on any atom is -0.481 e. The third-order valence-corrected chi connectivity index (χ3v) is 3.17. The van der Waals surface area contributed by atoms with Gasteiger partial charge in [-0.25, -0.2) is 0 Å². The van der Waals surface area contributed by atoms with Crippen LogP contribution in [0.15, 0.2) is 28.7 Å². The second-order valence-corrected chi connectivity index (χ2v) is 4.64. The van der Waals surface area contributed by atoms with E-state index in [1.807, 2.05) is 18.2 Å². The van der Waals surface area contributed by atoms with E-state index in [2.05, 4.69) is 27.3 Å². The first-order chi connectivity index (χ1) is 7.61. The predicted octanol–water partition coefficient (Wildman–Crippen LogP) is 2.30. The lowest BCUT2D eigenvalue weighted by molar-refractivity contribution is -0.140. The van der Waals surface area contributed by atoms with Crippen LogP contribution < -0.4 is 5.32 Å². The van der Waals surface area contributed by atoms with Gasteiger partial charge in [0.15, 0.2) is 0 Å². The van der Waals surface area contributed by atoms with Crippen LogP contribution in [-0.2, 0) is 11.2 Å². The average molecular weight is 286 g/mol. The molecule has 0 bridgehead atoms. The molecule has 0 radical (unpaired) electrons.